The molecule has 98 valence electrons. The van der Waals surface area contributed by atoms with Crippen LogP contribution < -0.4 is 5.32 Å². The summed E-state index contributed by atoms with van der Waals surface area (Å²) in [4.78, 5) is 11.4. The topological polar surface area (TPSA) is 78.7 Å². The van der Waals surface area contributed by atoms with E-state index in [4.69, 9.17) is 5.26 Å². The van der Waals surface area contributed by atoms with Crippen LogP contribution in [0.3, 0.4) is 0 Å². The van der Waals surface area contributed by atoms with E-state index in [-0.39, 0.29) is 11.2 Å². The van der Waals surface area contributed by atoms with Gasteiger partial charge in [0.2, 0.25) is 5.91 Å². The number of carbonyl (C=O) groups is 1. The number of aromatic nitrogens is 2. The maximum Gasteiger partial charge on any atom is 0.230 e. The fraction of sp³-hybridized carbons (Fsp3) is 0.600. The van der Waals surface area contributed by atoms with E-state index in [2.05, 4.69) is 21.6 Å². The van der Waals surface area contributed by atoms with E-state index in [0.717, 1.165) is 15.1 Å². The van der Waals surface area contributed by atoms with Gasteiger partial charge in [0.15, 0.2) is 8.68 Å². The first-order chi connectivity index (χ1) is 8.65. The quantitative estimate of drug-likeness (QED) is 0.778. The molecule has 0 fully saturated rings. The number of nitrogens with one attached hydrogen (secondary N) is 1. The van der Waals surface area contributed by atoms with Crippen molar-refractivity contribution in [2.45, 2.75) is 34.2 Å². The van der Waals surface area contributed by atoms with Gasteiger partial charge < -0.3 is 5.32 Å². The van der Waals surface area contributed by atoms with Gasteiger partial charge in [-0.1, -0.05) is 41.8 Å². The molecule has 0 unspecified atom stereocenters. The van der Waals surface area contributed by atoms with Gasteiger partial charge in [0.1, 0.15) is 0 Å². The average molecular weight is 302 g/mol. The van der Waals surface area contributed by atoms with Gasteiger partial charge in [0.25, 0.3) is 0 Å². The first-order valence-corrected chi connectivity index (χ1v) is 8.13. The molecule has 8 heteroatoms. The van der Waals surface area contributed by atoms with E-state index in [1.54, 1.807) is 0 Å². The molecule has 0 aliphatic rings. The van der Waals surface area contributed by atoms with Crippen LogP contribution in [0.15, 0.2) is 8.68 Å². The molecule has 0 aliphatic heterocycles. The lowest BCUT2D eigenvalue weighted by molar-refractivity contribution is -0.118. The van der Waals surface area contributed by atoms with Gasteiger partial charge in [-0.15, -0.1) is 10.2 Å². The van der Waals surface area contributed by atoms with Crippen LogP contribution in [-0.2, 0) is 4.79 Å². The molecule has 1 heterocycles. The minimum atomic E-state index is -0.136. The lowest BCUT2D eigenvalue weighted by Crippen LogP contribution is -2.25. The van der Waals surface area contributed by atoms with Crippen LogP contribution >= 0.6 is 34.9 Å². The van der Waals surface area contributed by atoms with Crippen molar-refractivity contribution in [3.05, 3.63) is 0 Å². The van der Waals surface area contributed by atoms with Gasteiger partial charge in [-0.3, -0.25) is 4.79 Å². The standard InChI is InChI=1S/C10H14N4OS3/c1-3-4-12-8(15)6-16-9-13-14-10(18-9)17-7(2)5-11/h7H,3-4,6H2,1-2H3,(H,12,15)/t7-/m1/s1. The van der Waals surface area contributed by atoms with Crippen LogP contribution in [0, 0.1) is 11.3 Å². The number of carbonyl (C=O) groups excluding carboxylic acids is 1. The Bertz CT molecular complexity index is 429. The summed E-state index contributed by atoms with van der Waals surface area (Å²) >= 11 is 4.17. The smallest absolute Gasteiger partial charge is 0.230 e. The number of nitrogens with zero attached hydrogens (tertiary/aromatic N) is 3. The summed E-state index contributed by atoms with van der Waals surface area (Å²) in [5.74, 6) is 0.365. The Labute approximate surface area is 119 Å². The normalized spacial score (nSPS) is 11.8. The molecule has 1 N–H and O–H groups in total. The summed E-state index contributed by atoms with van der Waals surface area (Å²) in [6.45, 7) is 4.53. The molecule has 1 rings (SSSR count). The number of rotatable bonds is 7. The second kappa shape index (κ2) is 8.34. The summed E-state index contributed by atoms with van der Waals surface area (Å²) in [6.07, 6.45) is 0.933. The number of hydrogen-bond acceptors (Lipinski definition) is 7. The van der Waals surface area contributed by atoms with Crippen LogP contribution in [0.5, 0.6) is 0 Å². The van der Waals surface area contributed by atoms with Gasteiger partial charge in [-0.2, -0.15) is 5.26 Å². The number of thioether (sulfide) groups is 2. The molecule has 0 aliphatic carbocycles. The van der Waals surface area contributed by atoms with E-state index >= 15 is 0 Å². The highest BCUT2D eigenvalue weighted by atomic mass is 32.2. The minimum absolute atomic E-state index is 0.0108. The third-order valence-corrected chi connectivity index (χ3v) is 4.88. The highest BCUT2D eigenvalue weighted by Crippen LogP contribution is 2.30. The molecule has 1 amide bonds. The van der Waals surface area contributed by atoms with Crippen molar-refractivity contribution < 1.29 is 4.79 Å². The van der Waals surface area contributed by atoms with E-state index in [0.29, 0.717) is 12.3 Å². The molecular weight excluding hydrogens is 288 g/mol. The number of hydrogen-bond donors (Lipinski definition) is 1. The lowest BCUT2D eigenvalue weighted by Gasteiger charge is -2.00. The monoisotopic (exact) mass is 302 g/mol. The molecule has 1 atom stereocenters. The van der Waals surface area contributed by atoms with E-state index in [1.165, 1.54) is 34.9 Å². The molecule has 0 aromatic carbocycles. The van der Waals surface area contributed by atoms with E-state index < -0.39 is 0 Å². The van der Waals surface area contributed by atoms with Crippen molar-refractivity contribution in [3.63, 3.8) is 0 Å². The highest BCUT2D eigenvalue weighted by Gasteiger charge is 2.10. The fourth-order valence-corrected chi connectivity index (χ4v) is 3.80. The van der Waals surface area contributed by atoms with Crippen molar-refractivity contribution in [1.29, 1.82) is 5.26 Å². The number of nitriles is 1. The van der Waals surface area contributed by atoms with Crippen molar-refractivity contribution in [2.24, 2.45) is 0 Å². The summed E-state index contributed by atoms with van der Waals surface area (Å²) in [5, 5.41) is 19.3. The van der Waals surface area contributed by atoms with Crippen molar-refractivity contribution >= 4 is 40.8 Å². The molecule has 1 aromatic heterocycles. The Balaban J connectivity index is 2.35. The maximum atomic E-state index is 11.4. The van der Waals surface area contributed by atoms with Crippen molar-refractivity contribution in [2.75, 3.05) is 12.3 Å². The molecule has 0 bridgehead atoms. The molecular formula is C10H14N4OS3. The zero-order valence-corrected chi connectivity index (χ0v) is 12.6. The Morgan fingerprint density at radius 3 is 2.94 bits per heavy atom. The zero-order chi connectivity index (χ0) is 13.4. The zero-order valence-electron chi connectivity index (χ0n) is 10.2. The maximum absolute atomic E-state index is 11.4. The minimum Gasteiger partial charge on any atom is -0.355 e. The molecule has 1 aromatic rings. The van der Waals surface area contributed by atoms with Gasteiger partial charge >= 0.3 is 0 Å². The Hall–Kier alpha value is -0.780. The molecule has 0 spiro atoms. The summed E-state index contributed by atoms with van der Waals surface area (Å²) in [5.41, 5.74) is 0. The first kappa shape index (κ1) is 15.3. The first-order valence-electron chi connectivity index (χ1n) is 5.45. The average Bonchev–Trinajstić information content (AvgIpc) is 2.81. The molecule has 0 saturated carbocycles. The Kier molecular flexibility index (Phi) is 7.08. The van der Waals surface area contributed by atoms with Gasteiger partial charge in [0, 0.05) is 6.54 Å². The molecule has 18 heavy (non-hydrogen) atoms. The molecule has 0 saturated heterocycles. The SMILES string of the molecule is CCCNC(=O)CSc1nnc(S[C@H](C)C#N)s1. The van der Waals surface area contributed by atoms with Crippen molar-refractivity contribution in [3.8, 4) is 6.07 Å². The second-order valence-electron chi connectivity index (χ2n) is 3.36. The predicted octanol–water partition coefficient (Wildman–Crippen LogP) is 2.16. The Morgan fingerprint density at radius 2 is 2.28 bits per heavy atom. The largest absolute Gasteiger partial charge is 0.355 e. The number of amides is 1. The van der Waals surface area contributed by atoms with E-state index in [9.17, 15) is 4.79 Å². The fourth-order valence-electron chi connectivity index (χ4n) is 0.923. The third-order valence-electron chi connectivity index (χ3n) is 1.75. The summed E-state index contributed by atoms with van der Waals surface area (Å²) in [7, 11) is 0. The van der Waals surface area contributed by atoms with Crippen LogP contribution in [-0.4, -0.2) is 33.7 Å². The predicted molar refractivity (Wildman–Crippen MR) is 74.9 cm³/mol. The van der Waals surface area contributed by atoms with Crippen molar-refractivity contribution in [1.82, 2.24) is 15.5 Å². The van der Waals surface area contributed by atoms with Gasteiger partial charge in [-0.25, -0.2) is 0 Å². The van der Waals surface area contributed by atoms with Crippen LogP contribution in [0.1, 0.15) is 20.3 Å². The van der Waals surface area contributed by atoms with Crippen LogP contribution in [0.25, 0.3) is 0 Å². The van der Waals surface area contributed by atoms with Crippen LogP contribution in [0.2, 0.25) is 0 Å². The van der Waals surface area contributed by atoms with Gasteiger partial charge in [0.05, 0.1) is 17.1 Å². The Morgan fingerprint density at radius 1 is 1.56 bits per heavy atom. The molecule has 0 radical (unpaired) electrons. The summed E-state index contributed by atoms with van der Waals surface area (Å²) < 4.78 is 1.52. The third kappa shape index (κ3) is 5.71. The summed E-state index contributed by atoms with van der Waals surface area (Å²) in [6, 6.07) is 2.13. The van der Waals surface area contributed by atoms with Gasteiger partial charge in [-0.05, 0) is 13.3 Å². The highest BCUT2D eigenvalue weighted by molar-refractivity contribution is 8.03. The molecule has 5 nitrogen and oxygen atoms in total. The van der Waals surface area contributed by atoms with E-state index in [1.807, 2.05) is 13.8 Å². The second-order valence-corrected chi connectivity index (χ2v) is 7.15. The lowest BCUT2D eigenvalue weighted by atomic mass is 10.5. The van der Waals surface area contributed by atoms with Crippen LogP contribution in [0.4, 0.5) is 0 Å².